The maximum absolute atomic E-state index is 6.00. The fraction of sp³-hybridized carbons (Fsp3) is 0.250. The number of halogens is 2. The molecule has 29 heavy (non-hydrogen) atoms. The van der Waals surface area contributed by atoms with E-state index in [9.17, 15) is 0 Å². The molecule has 0 spiro atoms. The van der Waals surface area contributed by atoms with Crippen molar-refractivity contribution in [2.24, 2.45) is 4.99 Å². The molecule has 0 amide bonds. The lowest BCUT2D eigenvalue weighted by Crippen LogP contribution is -2.37. The van der Waals surface area contributed by atoms with Gasteiger partial charge in [-0.05, 0) is 29.8 Å². The van der Waals surface area contributed by atoms with Crippen LogP contribution in [0.3, 0.4) is 0 Å². The van der Waals surface area contributed by atoms with Gasteiger partial charge in [-0.1, -0.05) is 41.0 Å². The van der Waals surface area contributed by atoms with Gasteiger partial charge in [-0.3, -0.25) is 4.99 Å². The van der Waals surface area contributed by atoms with E-state index in [0.29, 0.717) is 42.2 Å². The Balaban J connectivity index is 0.00000300. The molecule has 0 radical (unpaired) electrons. The van der Waals surface area contributed by atoms with E-state index in [1.165, 1.54) is 0 Å². The molecule has 0 saturated heterocycles. The van der Waals surface area contributed by atoms with Crippen molar-refractivity contribution in [3.05, 3.63) is 65.0 Å². The van der Waals surface area contributed by atoms with E-state index < -0.39 is 0 Å². The summed E-state index contributed by atoms with van der Waals surface area (Å²) in [6, 6.07) is 15.2. The van der Waals surface area contributed by atoms with Gasteiger partial charge in [-0.15, -0.1) is 24.0 Å². The van der Waals surface area contributed by atoms with Gasteiger partial charge in [0.2, 0.25) is 11.7 Å². The highest BCUT2D eigenvalue weighted by molar-refractivity contribution is 14.0. The van der Waals surface area contributed by atoms with E-state index in [1.54, 1.807) is 26.3 Å². The number of hydrogen-bond donors (Lipinski definition) is 2. The van der Waals surface area contributed by atoms with Gasteiger partial charge in [0, 0.05) is 37.1 Å². The fourth-order valence-corrected chi connectivity index (χ4v) is 2.73. The standard InChI is InChI=1S/C20H22ClN5O2.HI/c1-22-20(24-13-14-6-8-17(27-2)9-7-14)23-11-10-18-25-19(26-28-18)15-4-3-5-16(21)12-15;/h3-9,12H,10-11,13H2,1-2H3,(H2,22,23,24);1H. The van der Waals surface area contributed by atoms with Gasteiger partial charge < -0.3 is 19.9 Å². The molecular formula is C20H23ClIN5O2. The summed E-state index contributed by atoms with van der Waals surface area (Å²) < 4.78 is 10.5. The molecule has 2 N–H and O–H groups in total. The van der Waals surface area contributed by atoms with Crippen LogP contribution in [0, 0.1) is 0 Å². The predicted molar refractivity (Wildman–Crippen MR) is 125 cm³/mol. The minimum absolute atomic E-state index is 0. The average Bonchev–Trinajstić information content (AvgIpc) is 3.20. The van der Waals surface area contributed by atoms with Crippen LogP contribution in [0.5, 0.6) is 5.75 Å². The Bertz CT molecular complexity index is 931. The first-order valence-corrected chi connectivity index (χ1v) is 9.21. The van der Waals surface area contributed by atoms with Crippen LogP contribution < -0.4 is 15.4 Å². The SMILES string of the molecule is CN=C(NCCc1nc(-c2cccc(Cl)c2)no1)NCc1ccc(OC)cc1.I. The van der Waals surface area contributed by atoms with Crippen molar-refractivity contribution in [1.82, 2.24) is 20.8 Å². The lowest BCUT2D eigenvalue weighted by atomic mass is 10.2. The van der Waals surface area contributed by atoms with Crippen LogP contribution in [0.1, 0.15) is 11.5 Å². The number of hydrogen-bond acceptors (Lipinski definition) is 5. The van der Waals surface area contributed by atoms with Gasteiger partial charge in [0.25, 0.3) is 0 Å². The second-order valence-electron chi connectivity index (χ2n) is 5.97. The van der Waals surface area contributed by atoms with Gasteiger partial charge in [-0.2, -0.15) is 4.98 Å². The van der Waals surface area contributed by atoms with Crippen molar-refractivity contribution in [2.75, 3.05) is 20.7 Å². The highest BCUT2D eigenvalue weighted by Crippen LogP contribution is 2.19. The number of nitrogens with one attached hydrogen (secondary N) is 2. The zero-order valence-corrected chi connectivity index (χ0v) is 19.3. The van der Waals surface area contributed by atoms with Crippen molar-refractivity contribution in [2.45, 2.75) is 13.0 Å². The quantitative estimate of drug-likeness (QED) is 0.275. The van der Waals surface area contributed by atoms with Crippen molar-refractivity contribution in [3.63, 3.8) is 0 Å². The first-order valence-electron chi connectivity index (χ1n) is 8.84. The van der Waals surface area contributed by atoms with Crippen LogP contribution in [-0.2, 0) is 13.0 Å². The lowest BCUT2D eigenvalue weighted by molar-refractivity contribution is 0.378. The zero-order chi connectivity index (χ0) is 19.8. The number of nitrogens with zero attached hydrogens (tertiary/aromatic N) is 3. The molecule has 0 aliphatic rings. The molecule has 7 nitrogen and oxygen atoms in total. The summed E-state index contributed by atoms with van der Waals surface area (Å²) in [6.07, 6.45) is 0.580. The third-order valence-corrected chi connectivity index (χ3v) is 4.26. The van der Waals surface area contributed by atoms with Crippen molar-refractivity contribution < 1.29 is 9.26 Å². The second-order valence-corrected chi connectivity index (χ2v) is 6.41. The Hall–Kier alpha value is -2.33. The largest absolute Gasteiger partial charge is 0.497 e. The van der Waals surface area contributed by atoms with E-state index in [-0.39, 0.29) is 24.0 Å². The molecule has 1 heterocycles. The number of guanidine groups is 1. The molecule has 0 atom stereocenters. The molecule has 3 rings (SSSR count). The van der Waals surface area contributed by atoms with Gasteiger partial charge in [0.1, 0.15) is 5.75 Å². The van der Waals surface area contributed by atoms with Crippen molar-refractivity contribution in [1.29, 1.82) is 0 Å². The third-order valence-electron chi connectivity index (χ3n) is 4.02. The molecule has 1 aromatic heterocycles. The number of rotatable bonds is 7. The molecule has 0 aliphatic heterocycles. The molecule has 0 fully saturated rings. The summed E-state index contributed by atoms with van der Waals surface area (Å²) >= 11 is 6.00. The van der Waals surface area contributed by atoms with Crippen LogP contribution >= 0.6 is 35.6 Å². The van der Waals surface area contributed by atoms with E-state index in [2.05, 4.69) is 25.8 Å². The van der Waals surface area contributed by atoms with E-state index in [4.69, 9.17) is 20.9 Å². The van der Waals surface area contributed by atoms with Crippen LogP contribution in [0.4, 0.5) is 0 Å². The molecular weight excluding hydrogens is 505 g/mol. The summed E-state index contributed by atoms with van der Waals surface area (Å²) in [6.45, 7) is 1.27. The van der Waals surface area contributed by atoms with Crippen LogP contribution in [-0.4, -0.2) is 36.8 Å². The highest BCUT2D eigenvalue weighted by atomic mass is 127. The van der Waals surface area contributed by atoms with Crippen LogP contribution in [0.2, 0.25) is 5.02 Å². The first-order chi connectivity index (χ1) is 13.7. The Labute approximate surface area is 191 Å². The van der Waals surface area contributed by atoms with Gasteiger partial charge in [0.05, 0.1) is 7.11 Å². The fourth-order valence-electron chi connectivity index (χ4n) is 2.54. The van der Waals surface area contributed by atoms with Crippen LogP contribution in [0.15, 0.2) is 58.0 Å². The third kappa shape index (κ3) is 6.90. The molecule has 3 aromatic rings. The molecule has 0 saturated carbocycles. The van der Waals surface area contributed by atoms with E-state index in [0.717, 1.165) is 16.9 Å². The van der Waals surface area contributed by atoms with Crippen molar-refractivity contribution >= 4 is 41.5 Å². The van der Waals surface area contributed by atoms with E-state index in [1.807, 2.05) is 36.4 Å². The smallest absolute Gasteiger partial charge is 0.228 e. The molecule has 0 bridgehead atoms. The number of benzene rings is 2. The monoisotopic (exact) mass is 527 g/mol. The Morgan fingerprint density at radius 2 is 1.97 bits per heavy atom. The first kappa shape index (κ1) is 23.0. The number of ether oxygens (including phenoxy) is 1. The molecule has 0 unspecified atom stereocenters. The maximum atomic E-state index is 6.00. The summed E-state index contributed by atoms with van der Waals surface area (Å²) in [5.41, 5.74) is 1.96. The Morgan fingerprint density at radius 1 is 1.17 bits per heavy atom. The summed E-state index contributed by atoms with van der Waals surface area (Å²) in [5.74, 6) is 2.61. The molecule has 0 aliphatic carbocycles. The second kappa shape index (κ2) is 11.6. The number of aromatic nitrogens is 2. The molecule has 2 aromatic carbocycles. The number of aliphatic imine (C=N–C) groups is 1. The summed E-state index contributed by atoms with van der Waals surface area (Å²) in [4.78, 5) is 8.62. The molecule has 9 heteroatoms. The number of methoxy groups -OCH3 is 1. The minimum Gasteiger partial charge on any atom is -0.497 e. The Morgan fingerprint density at radius 3 is 2.66 bits per heavy atom. The van der Waals surface area contributed by atoms with Gasteiger partial charge >= 0.3 is 0 Å². The van der Waals surface area contributed by atoms with E-state index >= 15 is 0 Å². The Kier molecular flexibility index (Phi) is 9.20. The topological polar surface area (TPSA) is 84.6 Å². The van der Waals surface area contributed by atoms with Gasteiger partial charge in [0.15, 0.2) is 5.96 Å². The summed E-state index contributed by atoms with van der Waals surface area (Å²) in [7, 11) is 3.38. The van der Waals surface area contributed by atoms with Crippen molar-refractivity contribution in [3.8, 4) is 17.1 Å². The predicted octanol–water partition coefficient (Wildman–Crippen LogP) is 3.92. The zero-order valence-electron chi connectivity index (χ0n) is 16.2. The maximum Gasteiger partial charge on any atom is 0.228 e. The molecule has 154 valence electrons. The lowest BCUT2D eigenvalue weighted by Gasteiger charge is -2.11. The summed E-state index contributed by atoms with van der Waals surface area (Å²) in [5, 5.41) is 11.1. The average molecular weight is 528 g/mol. The minimum atomic E-state index is 0. The van der Waals surface area contributed by atoms with Crippen LogP contribution in [0.25, 0.3) is 11.4 Å². The normalized spacial score (nSPS) is 10.9. The van der Waals surface area contributed by atoms with Gasteiger partial charge in [-0.25, -0.2) is 0 Å². The highest BCUT2D eigenvalue weighted by Gasteiger charge is 2.09.